The Hall–Kier alpha value is -3.23. The summed E-state index contributed by atoms with van der Waals surface area (Å²) in [6.45, 7) is 1.49. The lowest BCUT2D eigenvalue weighted by Gasteiger charge is -2.13. The van der Waals surface area contributed by atoms with Gasteiger partial charge in [0, 0.05) is 25.0 Å². The molecule has 32 heavy (non-hydrogen) atoms. The number of benzene rings is 2. The van der Waals surface area contributed by atoms with Crippen molar-refractivity contribution in [2.45, 2.75) is 23.8 Å². The van der Waals surface area contributed by atoms with Crippen molar-refractivity contribution in [1.29, 1.82) is 0 Å². The Bertz CT molecular complexity index is 1340. The topological polar surface area (TPSA) is 97.0 Å². The van der Waals surface area contributed by atoms with Crippen LogP contribution in [-0.2, 0) is 14.6 Å². The first-order valence-electron chi connectivity index (χ1n) is 10.6. The summed E-state index contributed by atoms with van der Waals surface area (Å²) in [7, 11) is -3.27. The summed E-state index contributed by atoms with van der Waals surface area (Å²) in [6, 6.07) is 17.0. The van der Waals surface area contributed by atoms with E-state index in [2.05, 4.69) is 20.3 Å². The third-order valence-corrected chi connectivity index (χ3v) is 6.87. The zero-order valence-electron chi connectivity index (χ0n) is 17.7. The Morgan fingerprint density at radius 3 is 2.53 bits per heavy atom. The third-order valence-electron chi connectivity index (χ3n) is 5.75. The van der Waals surface area contributed by atoms with Gasteiger partial charge in [0.15, 0.2) is 9.84 Å². The molecule has 0 radical (unpaired) electrons. The fourth-order valence-corrected chi connectivity index (χ4v) is 4.78. The molecule has 8 heteroatoms. The Kier molecular flexibility index (Phi) is 5.40. The summed E-state index contributed by atoms with van der Waals surface area (Å²) in [5, 5.41) is 4.36. The molecule has 5 rings (SSSR count). The molecule has 1 atom stereocenters. The fraction of sp³-hybridized carbons (Fsp3) is 0.250. The summed E-state index contributed by atoms with van der Waals surface area (Å²) < 4.78 is 29.5. The average molecular weight is 449 g/mol. The largest absolute Gasteiger partial charge is 0.376 e. The van der Waals surface area contributed by atoms with Crippen LogP contribution in [0.5, 0.6) is 0 Å². The van der Waals surface area contributed by atoms with Crippen molar-refractivity contribution >= 4 is 26.7 Å². The monoisotopic (exact) mass is 448 g/mol. The van der Waals surface area contributed by atoms with Crippen LogP contribution in [0.4, 0.5) is 5.82 Å². The summed E-state index contributed by atoms with van der Waals surface area (Å²) in [5.41, 5.74) is 4.46. The molecule has 7 nitrogen and oxygen atoms in total. The average Bonchev–Trinajstić information content (AvgIpc) is 3.46. The minimum Gasteiger partial charge on any atom is -0.376 e. The maximum absolute atomic E-state index is 11.9. The first-order valence-corrected chi connectivity index (χ1v) is 12.5. The predicted octanol–water partition coefficient (Wildman–Crippen LogP) is 4.29. The van der Waals surface area contributed by atoms with E-state index in [-0.39, 0.29) is 11.0 Å². The summed E-state index contributed by atoms with van der Waals surface area (Å²) in [6.07, 6.45) is 5.06. The molecule has 0 bridgehead atoms. The van der Waals surface area contributed by atoms with Crippen LogP contribution in [0.3, 0.4) is 0 Å². The smallest absolute Gasteiger partial charge is 0.175 e. The van der Waals surface area contributed by atoms with E-state index < -0.39 is 9.84 Å². The van der Waals surface area contributed by atoms with Gasteiger partial charge in [0.25, 0.3) is 0 Å². The minimum atomic E-state index is -3.27. The van der Waals surface area contributed by atoms with Crippen LogP contribution in [-0.4, -0.2) is 48.9 Å². The maximum atomic E-state index is 11.9. The maximum Gasteiger partial charge on any atom is 0.175 e. The number of nitrogens with zero attached hydrogens (tertiary/aromatic N) is 2. The standard InChI is InChI=1S/C24H24N4O3S/c1-32(29,30)19-11-9-17(10-12-19)22-20(16-6-3-2-4-7-16)21-23(26-15-27-24(21)28-22)25-14-18-8-5-13-31-18/h2-4,6-7,9-12,15,18H,5,8,13-14H2,1H3,(H2,25,26,27,28)/t18-/m0/s1. The highest BCUT2D eigenvalue weighted by Crippen LogP contribution is 2.40. The number of hydrogen-bond donors (Lipinski definition) is 2. The number of fused-ring (bicyclic) bond motifs is 1. The van der Waals surface area contributed by atoms with Crippen LogP contribution >= 0.6 is 0 Å². The Morgan fingerprint density at radius 2 is 1.84 bits per heavy atom. The van der Waals surface area contributed by atoms with E-state index in [4.69, 9.17) is 4.74 Å². The second-order valence-electron chi connectivity index (χ2n) is 8.00. The molecule has 0 amide bonds. The highest BCUT2D eigenvalue weighted by Gasteiger charge is 2.21. The quantitative estimate of drug-likeness (QED) is 0.457. The minimum absolute atomic E-state index is 0.183. The summed E-state index contributed by atoms with van der Waals surface area (Å²) >= 11 is 0. The van der Waals surface area contributed by atoms with E-state index in [1.54, 1.807) is 18.5 Å². The molecular weight excluding hydrogens is 424 g/mol. The van der Waals surface area contributed by atoms with Gasteiger partial charge in [0.1, 0.15) is 17.8 Å². The molecule has 0 spiro atoms. The van der Waals surface area contributed by atoms with Crippen molar-refractivity contribution in [2.75, 3.05) is 24.7 Å². The van der Waals surface area contributed by atoms with E-state index in [1.807, 2.05) is 42.5 Å². The zero-order chi connectivity index (χ0) is 22.1. The lowest BCUT2D eigenvalue weighted by molar-refractivity contribution is 0.120. The van der Waals surface area contributed by atoms with Crippen molar-refractivity contribution in [3.63, 3.8) is 0 Å². The number of rotatable bonds is 6. The van der Waals surface area contributed by atoms with Crippen molar-refractivity contribution in [3.05, 3.63) is 60.9 Å². The molecule has 4 aromatic rings. The van der Waals surface area contributed by atoms with Gasteiger partial charge < -0.3 is 15.0 Å². The molecular formula is C24H24N4O3S. The number of ether oxygens (including phenoxy) is 1. The molecule has 1 aliphatic rings. The van der Waals surface area contributed by atoms with E-state index in [0.29, 0.717) is 6.54 Å². The lowest BCUT2D eigenvalue weighted by atomic mass is 9.99. The van der Waals surface area contributed by atoms with Gasteiger partial charge in [-0.2, -0.15) is 0 Å². The van der Waals surface area contributed by atoms with Crippen LogP contribution in [0.2, 0.25) is 0 Å². The van der Waals surface area contributed by atoms with Gasteiger partial charge in [-0.25, -0.2) is 18.4 Å². The normalized spacial score (nSPS) is 16.5. The van der Waals surface area contributed by atoms with Crippen LogP contribution in [0.1, 0.15) is 12.8 Å². The molecule has 2 aromatic carbocycles. The Morgan fingerprint density at radius 1 is 1.06 bits per heavy atom. The number of aromatic nitrogens is 3. The lowest BCUT2D eigenvalue weighted by Crippen LogP contribution is -2.19. The number of aromatic amines is 1. The highest BCUT2D eigenvalue weighted by molar-refractivity contribution is 7.90. The molecule has 1 fully saturated rings. The number of hydrogen-bond acceptors (Lipinski definition) is 6. The van der Waals surface area contributed by atoms with Gasteiger partial charge in [-0.15, -0.1) is 0 Å². The number of anilines is 1. The van der Waals surface area contributed by atoms with Gasteiger partial charge in [-0.1, -0.05) is 42.5 Å². The van der Waals surface area contributed by atoms with Crippen LogP contribution in [0.15, 0.2) is 65.8 Å². The molecule has 3 heterocycles. The Balaban J connectivity index is 1.65. The highest BCUT2D eigenvalue weighted by atomic mass is 32.2. The van der Waals surface area contributed by atoms with Gasteiger partial charge in [-0.3, -0.25) is 0 Å². The molecule has 1 saturated heterocycles. The second kappa shape index (κ2) is 8.37. The van der Waals surface area contributed by atoms with Gasteiger partial charge >= 0.3 is 0 Å². The SMILES string of the molecule is CS(=O)(=O)c1ccc(-c2[nH]c3ncnc(NC[C@@H]4CCCO4)c3c2-c2ccccc2)cc1. The predicted molar refractivity (Wildman–Crippen MR) is 125 cm³/mol. The van der Waals surface area contributed by atoms with E-state index in [9.17, 15) is 8.42 Å². The van der Waals surface area contributed by atoms with Crippen molar-refractivity contribution in [2.24, 2.45) is 0 Å². The van der Waals surface area contributed by atoms with Crippen molar-refractivity contribution < 1.29 is 13.2 Å². The fourth-order valence-electron chi connectivity index (χ4n) is 4.15. The first-order chi connectivity index (χ1) is 15.5. The van der Waals surface area contributed by atoms with Gasteiger partial charge in [0.2, 0.25) is 0 Å². The van der Waals surface area contributed by atoms with E-state index in [0.717, 1.165) is 58.7 Å². The van der Waals surface area contributed by atoms with Crippen LogP contribution in [0, 0.1) is 0 Å². The molecule has 1 aliphatic heterocycles. The molecule has 2 N–H and O–H groups in total. The molecule has 0 unspecified atom stereocenters. The molecule has 2 aromatic heterocycles. The van der Waals surface area contributed by atoms with E-state index >= 15 is 0 Å². The van der Waals surface area contributed by atoms with Crippen LogP contribution < -0.4 is 5.32 Å². The Labute approximate surface area is 186 Å². The number of nitrogens with one attached hydrogen (secondary N) is 2. The van der Waals surface area contributed by atoms with Crippen molar-refractivity contribution in [1.82, 2.24) is 15.0 Å². The van der Waals surface area contributed by atoms with Gasteiger partial charge in [-0.05, 0) is 36.1 Å². The molecule has 164 valence electrons. The molecule has 0 aliphatic carbocycles. The summed E-state index contributed by atoms with van der Waals surface area (Å²) in [5.74, 6) is 0.750. The number of H-pyrrole nitrogens is 1. The van der Waals surface area contributed by atoms with Crippen LogP contribution in [0.25, 0.3) is 33.4 Å². The third kappa shape index (κ3) is 3.99. The van der Waals surface area contributed by atoms with Crippen molar-refractivity contribution in [3.8, 4) is 22.4 Å². The first kappa shape index (κ1) is 20.7. The molecule has 0 saturated carbocycles. The van der Waals surface area contributed by atoms with E-state index in [1.165, 1.54) is 6.26 Å². The summed E-state index contributed by atoms with van der Waals surface area (Å²) in [4.78, 5) is 12.7. The van der Waals surface area contributed by atoms with Gasteiger partial charge in [0.05, 0.1) is 22.1 Å². The zero-order valence-corrected chi connectivity index (χ0v) is 18.5. The second-order valence-corrected chi connectivity index (χ2v) is 10.0. The number of sulfone groups is 1.